The maximum atomic E-state index is 13.2. The number of aryl methyl sites for hydroxylation is 1. The summed E-state index contributed by atoms with van der Waals surface area (Å²) < 4.78 is 5.52. The summed E-state index contributed by atoms with van der Waals surface area (Å²) in [5.41, 5.74) is 2.23. The van der Waals surface area contributed by atoms with Crippen molar-refractivity contribution >= 4 is 34.7 Å². The number of Topliss-reactive ketones (excluding diaryl/α,β-unsaturated/α-hetero) is 1. The highest BCUT2D eigenvalue weighted by molar-refractivity contribution is 6.52. The standard InChI is InChI=1S/C26H23ClN2O4/c1-3-16-8-10-17(11-9-16)29-23(21-7-5-6-14-28-21)22(25(31)26(29)32)24(30)19-15-18(33-4-2)12-13-20(19)27/h5-15,23,30H,3-4H2,1-2H3/b24-22+. The van der Waals surface area contributed by atoms with Gasteiger partial charge in [-0.25, -0.2) is 0 Å². The van der Waals surface area contributed by atoms with E-state index in [1.165, 1.54) is 4.90 Å². The smallest absolute Gasteiger partial charge is 0.300 e. The molecular weight excluding hydrogens is 440 g/mol. The molecule has 0 bridgehead atoms. The number of anilines is 1. The van der Waals surface area contributed by atoms with Gasteiger partial charge in [-0.3, -0.25) is 19.5 Å². The van der Waals surface area contributed by atoms with Crippen molar-refractivity contribution in [2.24, 2.45) is 0 Å². The summed E-state index contributed by atoms with van der Waals surface area (Å²) in [6.07, 6.45) is 2.43. The zero-order chi connectivity index (χ0) is 23.5. The summed E-state index contributed by atoms with van der Waals surface area (Å²) in [7, 11) is 0. The third kappa shape index (κ3) is 4.22. The summed E-state index contributed by atoms with van der Waals surface area (Å²) in [4.78, 5) is 32.2. The molecule has 0 radical (unpaired) electrons. The van der Waals surface area contributed by atoms with Crippen LogP contribution in [0, 0.1) is 0 Å². The van der Waals surface area contributed by atoms with Crippen molar-refractivity contribution in [3.63, 3.8) is 0 Å². The Labute approximate surface area is 197 Å². The number of halogens is 1. The summed E-state index contributed by atoms with van der Waals surface area (Å²) >= 11 is 6.36. The molecule has 7 heteroatoms. The fraction of sp³-hybridized carbons (Fsp3) is 0.192. The normalized spacial score (nSPS) is 17.4. The van der Waals surface area contributed by atoms with Crippen molar-refractivity contribution in [1.29, 1.82) is 0 Å². The molecule has 1 aliphatic rings. The van der Waals surface area contributed by atoms with Crippen LogP contribution in [0.1, 0.15) is 36.7 Å². The minimum absolute atomic E-state index is 0.0752. The molecule has 1 aromatic heterocycles. The van der Waals surface area contributed by atoms with E-state index in [1.807, 2.05) is 26.0 Å². The molecule has 2 aromatic carbocycles. The number of hydrogen-bond acceptors (Lipinski definition) is 5. The average molecular weight is 463 g/mol. The van der Waals surface area contributed by atoms with E-state index in [1.54, 1.807) is 54.7 Å². The molecule has 1 aliphatic heterocycles. The number of carbonyl (C=O) groups excluding carboxylic acids is 2. The molecule has 1 unspecified atom stereocenters. The van der Waals surface area contributed by atoms with E-state index < -0.39 is 17.7 Å². The highest BCUT2D eigenvalue weighted by Gasteiger charge is 2.47. The molecule has 168 valence electrons. The van der Waals surface area contributed by atoms with E-state index in [0.29, 0.717) is 23.7 Å². The second-order valence-corrected chi connectivity index (χ2v) is 7.93. The van der Waals surface area contributed by atoms with Gasteiger partial charge in [-0.1, -0.05) is 36.7 Å². The molecule has 1 fully saturated rings. The van der Waals surface area contributed by atoms with Crippen LogP contribution in [0.2, 0.25) is 5.02 Å². The molecule has 4 rings (SSSR count). The molecule has 1 saturated heterocycles. The number of ketones is 1. The van der Waals surface area contributed by atoms with E-state index in [9.17, 15) is 14.7 Å². The molecule has 0 saturated carbocycles. The average Bonchev–Trinajstić information content (AvgIpc) is 3.11. The Bertz CT molecular complexity index is 1220. The second kappa shape index (κ2) is 9.46. The summed E-state index contributed by atoms with van der Waals surface area (Å²) in [6.45, 7) is 4.30. The number of nitrogens with zero attached hydrogens (tertiary/aromatic N) is 2. The van der Waals surface area contributed by atoms with Crippen LogP contribution in [0.15, 0.2) is 72.4 Å². The Hall–Kier alpha value is -3.64. The lowest BCUT2D eigenvalue weighted by atomic mass is 9.98. The predicted molar refractivity (Wildman–Crippen MR) is 127 cm³/mol. The number of hydrogen-bond donors (Lipinski definition) is 1. The Morgan fingerprint density at radius 1 is 1.09 bits per heavy atom. The zero-order valence-corrected chi connectivity index (χ0v) is 19.0. The molecule has 3 aromatic rings. The van der Waals surface area contributed by atoms with Gasteiger partial charge in [0.15, 0.2) is 0 Å². The molecule has 33 heavy (non-hydrogen) atoms. The molecule has 6 nitrogen and oxygen atoms in total. The number of amides is 1. The van der Waals surface area contributed by atoms with Crippen LogP contribution in [-0.2, 0) is 16.0 Å². The molecule has 2 heterocycles. The van der Waals surface area contributed by atoms with Gasteiger partial charge in [0, 0.05) is 17.4 Å². The van der Waals surface area contributed by atoms with Gasteiger partial charge in [-0.15, -0.1) is 0 Å². The quantitative estimate of drug-likeness (QED) is 0.304. The fourth-order valence-electron chi connectivity index (χ4n) is 3.90. The Balaban J connectivity index is 1.92. The van der Waals surface area contributed by atoms with Crippen LogP contribution in [0.25, 0.3) is 5.76 Å². The SMILES string of the molecule is CCOc1ccc(Cl)c(/C(O)=C2\C(=O)C(=O)N(c3ccc(CC)cc3)C2c2ccccn2)c1. The van der Waals surface area contributed by atoms with Gasteiger partial charge in [-0.05, 0) is 61.4 Å². The number of ether oxygens (including phenoxy) is 1. The van der Waals surface area contributed by atoms with E-state index in [4.69, 9.17) is 16.3 Å². The molecule has 0 aliphatic carbocycles. The van der Waals surface area contributed by atoms with Crippen LogP contribution in [0.4, 0.5) is 5.69 Å². The van der Waals surface area contributed by atoms with Crippen LogP contribution in [-0.4, -0.2) is 28.4 Å². The first-order valence-corrected chi connectivity index (χ1v) is 11.1. The maximum absolute atomic E-state index is 13.2. The van der Waals surface area contributed by atoms with Gasteiger partial charge in [-0.2, -0.15) is 0 Å². The number of aliphatic hydroxyl groups is 1. The van der Waals surface area contributed by atoms with Gasteiger partial charge >= 0.3 is 0 Å². The third-order valence-electron chi connectivity index (χ3n) is 5.54. The molecular formula is C26H23ClN2O4. The minimum atomic E-state index is -0.912. The minimum Gasteiger partial charge on any atom is -0.507 e. The van der Waals surface area contributed by atoms with Gasteiger partial charge in [0.05, 0.1) is 22.9 Å². The Morgan fingerprint density at radius 2 is 1.85 bits per heavy atom. The van der Waals surface area contributed by atoms with Crippen LogP contribution in [0.3, 0.4) is 0 Å². The number of rotatable bonds is 6. The number of pyridine rings is 1. The topological polar surface area (TPSA) is 79.7 Å². The molecule has 0 spiro atoms. The Morgan fingerprint density at radius 3 is 2.48 bits per heavy atom. The monoisotopic (exact) mass is 462 g/mol. The first-order chi connectivity index (χ1) is 16.0. The third-order valence-corrected chi connectivity index (χ3v) is 5.87. The maximum Gasteiger partial charge on any atom is 0.300 e. The van der Waals surface area contributed by atoms with Crippen molar-refractivity contribution < 1.29 is 19.4 Å². The lowest BCUT2D eigenvalue weighted by Crippen LogP contribution is -2.29. The highest BCUT2D eigenvalue weighted by Crippen LogP contribution is 2.42. The van der Waals surface area contributed by atoms with Gasteiger partial charge in [0.2, 0.25) is 0 Å². The van der Waals surface area contributed by atoms with Crippen LogP contribution < -0.4 is 9.64 Å². The lowest BCUT2D eigenvalue weighted by Gasteiger charge is -2.25. The van der Waals surface area contributed by atoms with Crippen LogP contribution in [0.5, 0.6) is 5.75 Å². The first-order valence-electron chi connectivity index (χ1n) is 10.7. The van der Waals surface area contributed by atoms with Gasteiger partial charge < -0.3 is 9.84 Å². The van der Waals surface area contributed by atoms with E-state index in [2.05, 4.69) is 4.98 Å². The molecule has 1 N–H and O–H groups in total. The van der Waals surface area contributed by atoms with Crippen molar-refractivity contribution in [2.75, 3.05) is 11.5 Å². The van der Waals surface area contributed by atoms with E-state index >= 15 is 0 Å². The number of aliphatic hydroxyl groups excluding tert-OH is 1. The predicted octanol–water partition coefficient (Wildman–Crippen LogP) is 5.32. The van der Waals surface area contributed by atoms with E-state index in [-0.39, 0.29) is 21.9 Å². The lowest BCUT2D eigenvalue weighted by molar-refractivity contribution is -0.132. The number of aromatic nitrogens is 1. The van der Waals surface area contributed by atoms with Crippen molar-refractivity contribution in [2.45, 2.75) is 26.3 Å². The molecule has 1 amide bonds. The summed E-state index contributed by atoms with van der Waals surface area (Å²) in [6, 6.07) is 16.5. The largest absolute Gasteiger partial charge is 0.507 e. The second-order valence-electron chi connectivity index (χ2n) is 7.52. The van der Waals surface area contributed by atoms with Crippen molar-refractivity contribution in [3.8, 4) is 5.75 Å². The van der Waals surface area contributed by atoms with Crippen molar-refractivity contribution in [3.05, 3.63) is 94.3 Å². The van der Waals surface area contributed by atoms with Gasteiger partial charge in [0.25, 0.3) is 11.7 Å². The summed E-state index contributed by atoms with van der Waals surface area (Å²) in [5.74, 6) is -1.43. The number of benzene rings is 2. The molecule has 1 atom stereocenters. The fourth-order valence-corrected chi connectivity index (χ4v) is 4.10. The van der Waals surface area contributed by atoms with E-state index in [0.717, 1.165) is 12.0 Å². The van der Waals surface area contributed by atoms with Crippen molar-refractivity contribution in [1.82, 2.24) is 4.98 Å². The zero-order valence-electron chi connectivity index (χ0n) is 18.3. The number of carbonyl (C=O) groups is 2. The Kier molecular flexibility index (Phi) is 6.47. The first kappa shape index (κ1) is 22.6. The van der Waals surface area contributed by atoms with Crippen LogP contribution >= 0.6 is 11.6 Å². The summed E-state index contributed by atoms with van der Waals surface area (Å²) in [5, 5.41) is 11.5. The highest BCUT2D eigenvalue weighted by atomic mass is 35.5. The van der Waals surface area contributed by atoms with Gasteiger partial charge in [0.1, 0.15) is 17.6 Å².